The number of halogens is 2. The molecular formula is C15H19F2N3O. The van der Waals surface area contributed by atoms with Crippen molar-refractivity contribution in [1.82, 2.24) is 14.9 Å². The largest absolute Gasteiger partial charge is 0.435 e. The molecule has 0 aliphatic carbocycles. The zero-order valence-electron chi connectivity index (χ0n) is 12.1. The maximum absolute atomic E-state index is 12.1. The Morgan fingerprint density at radius 3 is 2.57 bits per heavy atom. The van der Waals surface area contributed by atoms with Crippen LogP contribution in [0.25, 0.3) is 0 Å². The third-order valence-electron chi connectivity index (χ3n) is 3.33. The molecule has 0 saturated heterocycles. The molecule has 2 aromatic rings. The first kappa shape index (κ1) is 15.4. The summed E-state index contributed by atoms with van der Waals surface area (Å²) < 4.78 is 30.5. The van der Waals surface area contributed by atoms with Crippen LogP contribution >= 0.6 is 0 Å². The van der Waals surface area contributed by atoms with Crippen LogP contribution in [0.4, 0.5) is 8.78 Å². The summed E-state index contributed by atoms with van der Waals surface area (Å²) in [6.45, 7) is 0.0343. The highest BCUT2D eigenvalue weighted by Crippen LogP contribution is 2.19. The number of alkyl halides is 2. The van der Waals surface area contributed by atoms with Crippen LogP contribution in [-0.4, -0.2) is 22.7 Å². The van der Waals surface area contributed by atoms with Crippen molar-refractivity contribution in [2.45, 2.75) is 26.0 Å². The molecule has 0 aliphatic rings. The van der Waals surface area contributed by atoms with E-state index in [9.17, 15) is 8.78 Å². The summed E-state index contributed by atoms with van der Waals surface area (Å²) in [6, 6.07) is 6.81. The highest BCUT2D eigenvalue weighted by molar-refractivity contribution is 5.28. The van der Waals surface area contributed by atoms with E-state index >= 15 is 0 Å². The molecule has 4 nitrogen and oxygen atoms in total. The fourth-order valence-electron chi connectivity index (χ4n) is 2.09. The van der Waals surface area contributed by atoms with Gasteiger partial charge in [0, 0.05) is 38.4 Å². The van der Waals surface area contributed by atoms with Gasteiger partial charge < -0.3 is 14.6 Å². The number of rotatable bonds is 7. The Labute approximate surface area is 122 Å². The number of nitrogens with one attached hydrogen (secondary N) is 1. The van der Waals surface area contributed by atoms with E-state index in [1.165, 1.54) is 0 Å². The molecule has 6 heteroatoms. The predicted octanol–water partition coefficient (Wildman–Crippen LogP) is 2.91. The minimum Gasteiger partial charge on any atom is -0.435 e. The number of hydrogen-bond donors (Lipinski definition) is 1. The smallest absolute Gasteiger partial charge is 0.387 e. The molecule has 0 bridgehead atoms. The van der Waals surface area contributed by atoms with Crippen molar-refractivity contribution >= 4 is 0 Å². The Morgan fingerprint density at radius 1 is 1.29 bits per heavy atom. The van der Waals surface area contributed by atoms with E-state index in [2.05, 4.69) is 15.0 Å². The number of imidazole rings is 1. The molecule has 1 atom stereocenters. The van der Waals surface area contributed by atoms with Crippen LogP contribution in [0.1, 0.15) is 24.4 Å². The van der Waals surface area contributed by atoms with Gasteiger partial charge in [0.2, 0.25) is 0 Å². The first-order valence-corrected chi connectivity index (χ1v) is 6.80. The van der Waals surface area contributed by atoms with E-state index in [1.807, 2.05) is 24.7 Å². The third kappa shape index (κ3) is 4.53. The quantitative estimate of drug-likeness (QED) is 0.853. The number of aromatic nitrogens is 2. The van der Waals surface area contributed by atoms with Gasteiger partial charge in [-0.05, 0) is 24.6 Å². The standard InChI is InChI=1S/C15H19F2N3O/c1-11(18-8-7-14-19-9-10-20(14)2)12-3-5-13(6-4-12)21-15(16)17/h3-6,9-11,15,18H,7-8H2,1-2H3. The molecule has 2 rings (SSSR count). The molecule has 0 aliphatic heterocycles. The zero-order valence-corrected chi connectivity index (χ0v) is 12.1. The number of benzene rings is 1. The van der Waals surface area contributed by atoms with E-state index in [-0.39, 0.29) is 11.8 Å². The van der Waals surface area contributed by atoms with Crippen LogP contribution in [0.5, 0.6) is 5.75 Å². The topological polar surface area (TPSA) is 39.1 Å². The molecular weight excluding hydrogens is 276 g/mol. The van der Waals surface area contributed by atoms with Gasteiger partial charge in [-0.2, -0.15) is 8.78 Å². The van der Waals surface area contributed by atoms with Crippen molar-refractivity contribution < 1.29 is 13.5 Å². The van der Waals surface area contributed by atoms with Crippen LogP contribution in [0, 0.1) is 0 Å². The molecule has 114 valence electrons. The fraction of sp³-hybridized carbons (Fsp3) is 0.400. The normalized spacial score (nSPS) is 12.6. The number of hydrogen-bond acceptors (Lipinski definition) is 3. The Morgan fingerprint density at radius 2 is 2.00 bits per heavy atom. The molecule has 0 saturated carbocycles. The fourth-order valence-corrected chi connectivity index (χ4v) is 2.09. The summed E-state index contributed by atoms with van der Waals surface area (Å²) in [4.78, 5) is 4.26. The molecule has 1 aromatic carbocycles. The van der Waals surface area contributed by atoms with E-state index < -0.39 is 6.61 Å². The average molecular weight is 295 g/mol. The van der Waals surface area contributed by atoms with Crippen LogP contribution in [0.3, 0.4) is 0 Å². The summed E-state index contributed by atoms with van der Waals surface area (Å²) in [6.07, 6.45) is 4.53. The molecule has 1 heterocycles. The summed E-state index contributed by atoms with van der Waals surface area (Å²) >= 11 is 0. The third-order valence-corrected chi connectivity index (χ3v) is 3.33. The van der Waals surface area contributed by atoms with Gasteiger partial charge in [0.25, 0.3) is 0 Å². The second kappa shape index (κ2) is 7.17. The lowest BCUT2D eigenvalue weighted by molar-refractivity contribution is -0.0498. The van der Waals surface area contributed by atoms with Crippen molar-refractivity contribution in [3.05, 3.63) is 48.0 Å². The molecule has 0 radical (unpaired) electrons. The van der Waals surface area contributed by atoms with Crippen molar-refractivity contribution in [2.75, 3.05) is 6.54 Å². The van der Waals surface area contributed by atoms with Crippen molar-refractivity contribution in [1.29, 1.82) is 0 Å². The monoisotopic (exact) mass is 295 g/mol. The molecule has 21 heavy (non-hydrogen) atoms. The second-order valence-corrected chi connectivity index (χ2v) is 4.83. The van der Waals surface area contributed by atoms with Crippen LogP contribution in [0.15, 0.2) is 36.7 Å². The Balaban J connectivity index is 1.82. The first-order chi connectivity index (χ1) is 10.1. The SMILES string of the molecule is CC(NCCc1nccn1C)c1ccc(OC(F)F)cc1. The lowest BCUT2D eigenvalue weighted by Crippen LogP contribution is -2.22. The van der Waals surface area contributed by atoms with Crippen LogP contribution in [-0.2, 0) is 13.5 Å². The van der Waals surface area contributed by atoms with Crippen molar-refractivity contribution in [3.63, 3.8) is 0 Å². The Bertz CT molecular complexity index is 554. The van der Waals surface area contributed by atoms with E-state index in [0.717, 1.165) is 24.4 Å². The number of ether oxygens (including phenoxy) is 1. The van der Waals surface area contributed by atoms with E-state index in [0.29, 0.717) is 0 Å². The van der Waals surface area contributed by atoms with Crippen LogP contribution in [0.2, 0.25) is 0 Å². The van der Waals surface area contributed by atoms with Gasteiger partial charge in [-0.15, -0.1) is 0 Å². The maximum atomic E-state index is 12.1. The van der Waals surface area contributed by atoms with Crippen molar-refractivity contribution in [2.24, 2.45) is 7.05 Å². The maximum Gasteiger partial charge on any atom is 0.387 e. The average Bonchev–Trinajstić information content (AvgIpc) is 2.84. The summed E-state index contributed by atoms with van der Waals surface area (Å²) in [5, 5.41) is 3.38. The van der Waals surface area contributed by atoms with Crippen molar-refractivity contribution in [3.8, 4) is 5.75 Å². The van der Waals surface area contributed by atoms with Gasteiger partial charge in [-0.1, -0.05) is 12.1 Å². The predicted molar refractivity (Wildman–Crippen MR) is 76.4 cm³/mol. The Kier molecular flexibility index (Phi) is 5.27. The molecule has 0 amide bonds. The molecule has 0 spiro atoms. The van der Waals surface area contributed by atoms with Gasteiger partial charge in [0.05, 0.1) is 0 Å². The lowest BCUT2D eigenvalue weighted by atomic mass is 10.1. The highest BCUT2D eigenvalue weighted by atomic mass is 19.3. The molecule has 1 aromatic heterocycles. The molecule has 0 fully saturated rings. The van der Waals surface area contributed by atoms with Gasteiger partial charge in [0.15, 0.2) is 0 Å². The summed E-state index contributed by atoms with van der Waals surface area (Å²) in [5.41, 5.74) is 1.02. The number of nitrogens with zero attached hydrogens (tertiary/aromatic N) is 2. The zero-order chi connectivity index (χ0) is 15.2. The summed E-state index contributed by atoms with van der Waals surface area (Å²) in [7, 11) is 1.97. The van der Waals surface area contributed by atoms with Crippen LogP contribution < -0.4 is 10.1 Å². The summed E-state index contributed by atoms with van der Waals surface area (Å²) in [5.74, 6) is 1.20. The minimum atomic E-state index is -2.79. The Hall–Kier alpha value is -1.95. The van der Waals surface area contributed by atoms with E-state index in [1.54, 1.807) is 30.5 Å². The molecule has 1 N–H and O–H groups in total. The van der Waals surface area contributed by atoms with Gasteiger partial charge >= 0.3 is 6.61 Å². The van der Waals surface area contributed by atoms with Gasteiger partial charge in [0.1, 0.15) is 11.6 Å². The number of aryl methyl sites for hydroxylation is 1. The second-order valence-electron chi connectivity index (χ2n) is 4.83. The highest BCUT2D eigenvalue weighted by Gasteiger charge is 2.08. The van der Waals surface area contributed by atoms with Gasteiger partial charge in [-0.3, -0.25) is 0 Å². The first-order valence-electron chi connectivity index (χ1n) is 6.80. The molecule has 1 unspecified atom stereocenters. The lowest BCUT2D eigenvalue weighted by Gasteiger charge is -2.15. The van der Waals surface area contributed by atoms with Gasteiger partial charge in [-0.25, -0.2) is 4.98 Å². The van der Waals surface area contributed by atoms with E-state index in [4.69, 9.17) is 0 Å². The minimum absolute atomic E-state index is 0.130.